The predicted octanol–water partition coefficient (Wildman–Crippen LogP) is 1.22. The largest absolute Gasteiger partial charge is 0.389 e. The van der Waals surface area contributed by atoms with Gasteiger partial charge in [-0.3, -0.25) is 4.79 Å². The average Bonchev–Trinajstić information content (AvgIpc) is 3.17. The first-order chi connectivity index (χ1) is 14.0. The molecule has 0 atom stereocenters. The molecule has 10 heteroatoms. The molecule has 1 fully saturated rings. The van der Waals surface area contributed by atoms with Gasteiger partial charge in [0.05, 0.1) is 6.33 Å². The summed E-state index contributed by atoms with van der Waals surface area (Å²) in [5.74, 6) is 0.578. The summed E-state index contributed by atoms with van der Waals surface area (Å²) in [5.41, 5.74) is 8.42. The van der Waals surface area contributed by atoms with Crippen molar-refractivity contribution in [2.75, 3.05) is 30.3 Å². The molecule has 0 bridgehead atoms. The molecule has 0 aliphatic carbocycles. The number of ketones is 1. The summed E-state index contributed by atoms with van der Waals surface area (Å²) in [6.07, 6.45) is 6.37. The molecule has 1 saturated heterocycles. The second kappa shape index (κ2) is 7.70. The minimum atomic E-state index is -0.401. The van der Waals surface area contributed by atoms with Gasteiger partial charge in [0.15, 0.2) is 11.4 Å². The Labute approximate surface area is 167 Å². The Morgan fingerprint density at radius 1 is 1.21 bits per heavy atom. The third-order valence-electron chi connectivity index (χ3n) is 5.30. The third kappa shape index (κ3) is 3.63. The van der Waals surface area contributed by atoms with Crippen molar-refractivity contribution in [2.45, 2.75) is 32.7 Å². The number of anilines is 2. The lowest BCUT2D eigenvalue weighted by Crippen LogP contribution is -2.38. The van der Waals surface area contributed by atoms with Crippen molar-refractivity contribution in [3.05, 3.63) is 18.7 Å². The fourth-order valence-electron chi connectivity index (χ4n) is 3.62. The van der Waals surface area contributed by atoms with Crippen LogP contribution in [-0.4, -0.2) is 60.1 Å². The van der Waals surface area contributed by atoms with E-state index in [-0.39, 0.29) is 23.7 Å². The second-order valence-corrected chi connectivity index (χ2v) is 7.51. The van der Waals surface area contributed by atoms with E-state index >= 15 is 0 Å². The summed E-state index contributed by atoms with van der Waals surface area (Å²) in [6, 6.07) is 0.186. The zero-order valence-electron chi connectivity index (χ0n) is 16.5. The second-order valence-electron chi connectivity index (χ2n) is 7.51. The van der Waals surface area contributed by atoms with E-state index < -0.39 is 6.61 Å². The number of hydrogen-bond donors (Lipinski definition) is 2. The van der Waals surface area contributed by atoms with E-state index in [2.05, 4.69) is 33.7 Å². The van der Waals surface area contributed by atoms with Gasteiger partial charge in [-0.25, -0.2) is 19.9 Å². The number of nitrogens with zero attached hydrogens (tertiary/aromatic N) is 7. The SMILES string of the molecule is CC(C)n1cnc2c(-c3cnc(N)nc3)nc(N3CCC(C(=O)CO)CC3)nc21. The molecule has 0 saturated carbocycles. The van der Waals surface area contributed by atoms with E-state index in [1.54, 1.807) is 18.7 Å². The normalized spacial score (nSPS) is 15.4. The number of piperidine rings is 1. The molecule has 0 aromatic carbocycles. The van der Waals surface area contributed by atoms with Gasteiger partial charge >= 0.3 is 0 Å². The van der Waals surface area contributed by atoms with Crippen molar-refractivity contribution in [1.82, 2.24) is 29.5 Å². The molecule has 4 rings (SSSR count). The topological polar surface area (TPSA) is 136 Å². The van der Waals surface area contributed by atoms with Crippen molar-refractivity contribution in [1.29, 1.82) is 0 Å². The molecule has 152 valence electrons. The maximum Gasteiger partial charge on any atom is 0.228 e. The highest BCUT2D eigenvalue weighted by Gasteiger charge is 2.27. The first-order valence-electron chi connectivity index (χ1n) is 9.69. The van der Waals surface area contributed by atoms with Gasteiger partial charge in [0, 0.05) is 43.0 Å². The van der Waals surface area contributed by atoms with Gasteiger partial charge in [-0.15, -0.1) is 0 Å². The van der Waals surface area contributed by atoms with Crippen LogP contribution in [0.5, 0.6) is 0 Å². The maximum absolute atomic E-state index is 11.8. The van der Waals surface area contributed by atoms with E-state index in [1.807, 2.05) is 4.57 Å². The predicted molar refractivity (Wildman–Crippen MR) is 108 cm³/mol. The molecule has 0 amide bonds. The fraction of sp³-hybridized carbons (Fsp3) is 0.474. The summed E-state index contributed by atoms with van der Waals surface area (Å²) < 4.78 is 2.00. The van der Waals surface area contributed by atoms with Crippen LogP contribution in [0.4, 0.5) is 11.9 Å². The molecule has 3 aromatic rings. The van der Waals surface area contributed by atoms with Crippen molar-refractivity contribution < 1.29 is 9.90 Å². The number of aliphatic hydroxyl groups is 1. The number of aromatic nitrogens is 6. The molecule has 0 radical (unpaired) electrons. The molecule has 0 unspecified atom stereocenters. The van der Waals surface area contributed by atoms with Gasteiger partial charge in [0.1, 0.15) is 17.8 Å². The smallest absolute Gasteiger partial charge is 0.228 e. The Morgan fingerprint density at radius 2 is 1.90 bits per heavy atom. The highest BCUT2D eigenvalue weighted by Crippen LogP contribution is 2.30. The molecule has 1 aliphatic rings. The van der Waals surface area contributed by atoms with Crippen LogP contribution in [0, 0.1) is 5.92 Å². The Hall–Kier alpha value is -3.14. The van der Waals surface area contributed by atoms with Crippen molar-refractivity contribution >= 4 is 28.8 Å². The van der Waals surface area contributed by atoms with E-state index in [1.165, 1.54) is 0 Å². The molecule has 1 aliphatic heterocycles. The quantitative estimate of drug-likeness (QED) is 0.652. The van der Waals surface area contributed by atoms with Gasteiger partial charge in [-0.2, -0.15) is 4.98 Å². The van der Waals surface area contributed by atoms with Crippen molar-refractivity contribution in [2.24, 2.45) is 5.92 Å². The molecule has 3 aromatic heterocycles. The number of rotatable bonds is 5. The number of fused-ring (bicyclic) bond motifs is 1. The minimum Gasteiger partial charge on any atom is -0.389 e. The number of nitrogens with two attached hydrogens (primary N) is 1. The standard InChI is InChI=1S/C19H24N8O2/c1-11(2)27-10-23-16-15(13-7-21-18(20)22-8-13)24-19(25-17(16)27)26-5-3-12(4-6-26)14(29)9-28/h7-8,10-12,28H,3-6,9H2,1-2H3,(H2,20,21,22). The number of carbonyl (C=O) groups is 1. The lowest BCUT2D eigenvalue weighted by molar-refractivity contribution is -0.126. The third-order valence-corrected chi connectivity index (χ3v) is 5.30. The number of hydrogen-bond acceptors (Lipinski definition) is 9. The average molecular weight is 396 g/mol. The van der Waals surface area contributed by atoms with E-state index in [0.29, 0.717) is 48.7 Å². The van der Waals surface area contributed by atoms with Crippen molar-refractivity contribution in [3.8, 4) is 11.3 Å². The lowest BCUT2D eigenvalue weighted by Gasteiger charge is -2.31. The monoisotopic (exact) mass is 396 g/mol. The molecule has 29 heavy (non-hydrogen) atoms. The molecular weight excluding hydrogens is 372 g/mol. The van der Waals surface area contributed by atoms with E-state index in [4.69, 9.17) is 20.8 Å². The van der Waals surface area contributed by atoms with E-state index in [0.717, 1.165) is 5.65 Å². The summed E-state index contributed by atoms with van der Waals surface area (Å²) in [7, 11) is 0. The zero-order valence-corrected chi connectivity index (χ0v) is 16.5. The van der Waals surface area contributed by atoms with Crippen LogP contribution in [0.2, 0.25) is 0 Å². The number of Topliss-reactive ketones (excluding diaryl/α,β-unsaturated/α-hetero) is 1. The fourth-order valence-corrected chi connectivity index (χ4v) is 3.62. The molecule has 10 nitrogen and oxygen atoms in total. The Kier molecular flexibility index (Phi) is 5.10. The first-order valence-corrected chi connectivity index (χ1v) is 9.69. The number of imidazole rings is 1. The summed E-state index contributed by atoms with van der Waals surface area (Å²) in [5, 5.41) is 9.11. The maximum atomic E-state index is 11.8. The van der Waals surface area contributed by atoms with Crippen LogP contribution in [0.15, 0.2) is 18.7 Å². The van der Waals surface area contributed by atoms with Crippen LogP contribution >= 0.6 is 0 Å². The number of aliphatic hydroxyl groups excluding tert-OH is 1. The zero-order chi connectivity index (χ0) is 20.5. The molecular formula is C19H24N8O2. The Balaban J connectivity index is 1.75. The summed E-state index contributed by atoms with van der Waals surface area (Å²) in [4.78, 5) is 36.1. The highest BCUT2D eigenvalue weighted by molar-refractivity contribution is 5.88. The molecule has 4 heterocycles. The van der Waals surface area contributed by atoms with Crippen LogP contribution in [0.1, 0.15) is 32.7 Å². The van der Waals surface area contributed by atoms with Gasteiger partial charge in [0.2, 0.25) is 11.9 Å². The van der Waals surface area contributed by atoms with Crippen LogP contribution < -0.4 is 10.6 Å². The summed E-state index contributed by atoms with van der Waals surface area (Å²) in [6.45, 7) is 5.04. The van der Waals surface area contributed by atoms with Gasteiger partial charge in [-0.05, 0) is 26.7 Å². The van der Waals surface area contributed by atoms with Gasteiger partial charge in [-0.1, -0.05) is 0 Å². The lowest BCUT2D eigenvalue weighted by atomic mass is 9.93. The van der Waals surface area contributed by atoms with Crippen molar-refractivity contribution in [3.63, 3.8) is 0 Å². The van der Waals surface area contributed by atoms with Gasteiger partial charge < -0.3 is 20.3 Å². The van der Waals surface area contributed by atoms with E-state index in [9.17, 15) is 4.79 Å². The molecule has 3 N–H and O–H groups in total. The Morgan fingerprint density at radius 3 is 2.52 bits per heavy atom. The Bertz CT molecular complexity index is 1020. The molecule has 0 spiro atoms. The minimum absolute atomic E-state index is 0.0985. The first kappa shape index (κ1) is 19.2. The van der Waals surface area contributed by atoms with Gasteiger partial charge in [0.25, 0.3) is 0 Å². The van der Waals surface area contributed by atoms with Crippen LogP contribution in [-0.2, 0) is 4.79 Å². The van der Waals surface area contributed by atoms with Crippen LogP contribution in [0.3, 0.4) is 0 Å². The summed E-state index contributed by atoms with van der Waals surface area (Å²) >= 11 is 0. The number of nitrogen functional groups attached to an aromatic ring is 1. The van der Waals surface area contributed by atoms with Crippen LogP contribution in [0.25, 0.3) is 22.4 Å². The highest BCUT2D eigenvalue weighted by atomic mass is 16.3. The number of carbonyl (C=O) groups excluding carboxylic acids is 1.